The molecule has 3 aromatic rings. The van der Waals surface area contributed by atoms with Gasteiger partial charge in [-0.1, -0.05) is 51.4 Å². The van der Waals surface area contributed by atoms with Crippen molar-refractivity contribution in [1.29, 1.82) is 0 Å². The van der Waals surface area contributed by atoms with Gasteiger partial charge in [0.25, 0.3) is 0 Å². The van der Waals surface area contributed by atoms with E-state index in [-0.39, 0.29) is 16.2 Å². The maximum atomic E-state index is 13.4. The molecule has 0 spiro atoms. The number of benzene rings is 2. The highest BCUT2D eigenvalue weighted by Crippen LogP contribution is 2.25. The van der Waals surface area contributed by atoms with Crippen molar-refractivity contribution in [3.63, 3.8) is 0 Å². The van der Waals surface area contributed by atoms with Crippen molar-refractivity contribution in [2.75, 3.05) is 19.7 Å². The van der Waals surface area contributed by atoms with E-state index >= 15 is 0 Å². The Morgan fingerprint density at radius 2 is 1.82 bits per heavy atom. The highest BCUT2D eigenvalue weighted by molar-refractivity contribution is 7.89. The first kappa shape index (κ1) is 30.2. The number of carbonyl (C=O) groups excluding carboxylic acids is 1. The molecular formula is C29H37ClN2O4S2. The third-order valence-electron chi connectivity index (χ3n) is 5.83. The molecule has 0 aliphatic carbocycles. The fraction of sp³-hybridized carbons (Fsp3) is 0.414. The van der Waals surface area contributed by atoms with Gasteiger partial charge in [-0.25, -0.2) is 13.1 Å². The number of hydrogen-bond acceptors (Lipinski definition) is 5. The molecular weight excluding hydrogens is 540 g/mol. The maximum Gasteiger partial charge on any atom is 0.240 e. The Hall–Kier alpha value is -2.39. The fourth-order valence-electron chi connectivity index (χ4n) is 3.70. The quantitative estimate of drug-likeness (QED) is 0.258. The van der Waals surface area contributed by atoms with Gasteiger partial charge in [-0.15, -0.1) is 0 Å². The van der Waals surface area contributed by atoms with Crippen molar-refractivity contribution >= 4 is 38.9 Å². The molecule has 0 fully saturated rings. The summed E-state index contributed by atoms with van der Waals surface area (Å²) in [6.45, 7) is 9.75. The number of halogens is 1. The molecule has 2 aromatic carbocycles. The van der Waals surface area contributed by atoms with Crippen LogP contribution in [0.5, 0.6) is 5.75 Å². The van der Waals surface area contributed by atoms with Gasteiger partial charge in [0.1, 0.15) is 5.75 Å². The van der Waals surface area contributed by atoms with Crippen molar-refractivity contribution < 1.29 is 17.9 Å². The summed E-state index contributed by atoms with van der Waals surface area (Å²) in [5.74, 6) is 0.734. The van der Waals surface area contributed by atoms with E-state index in [4.69, 9.17) is 16.3 Å². The van der Waals surface area contributed by atoms with Crippen LogP contribution in [-0.4, -0.2) is 38.9 Å². The summed E-state index contributed by atoms with van der Waals surface area (Å²) in [4.78, 5) is 15.4. The molecule has 38 heavy (non-hydrogen) atoms. The van der Waals surface area contributed by atoms with Crippen molar-refractivity contribution in [2.24, 2.45) is 5.41 Å². The third-order valence-corrected chi connectivity index (χ3v) is 8.21. The minimum atomic E-state index is -3.58. The second-order valence-corrected chi connectivity index (χ2v) is 13.5. The average Bonchev–Trinajstić information content (AvgIpc) is 3.37. The zero-order valence-electron chi connectivity index (χ0n) is 22.5. The highest BCUT2D eigenvalue weighted by atomic mass is 35.5. The summed E-state index contributed by atoms with van der Waals surface area (Å²) < 4.78 is 33.9. The van der Waals surface area contributed by atoms with Crippen LogP contribution in [0.1, 0.15) is 50.8 Å². The van der Waals surface area contributed by atoms with Crippen LogP contribution in [0.2, 0.25) is 5.02 Å². The summed E-state index contributed by atoms with van der Waals surface area (Å²) in [5, 5.41) is 4.54. The summed E-state index contributed by atoms with van der Waals surface area (Å²) in [5.41, 5.74) is 2.63. The lowest BCUT2D eigenvalue weighted by Gasteiger charge is -2.24. The first-order valence-electron chi connectivity index (χ1n) is 12.8. The number of thiophene rings is 1. The van der Waals surface area contributed by atoms with E-state index in [1.807, 2.05) is 73.7 Å². The van der Waals surface area contributed by atoms with Gasteiger partial charge in [0, 0.05) is 30.2 Å². The standard InChI is InChI=1S/C29H37ClN2O4S2/c1-5-15-36-27-11-8-25(30)18-24(27)19-32(28(33)17-23-13-16-37-20-23)14-12-22-6-9-26(10-7-22)38(34,35)31-21-29(2,3)4/h6-11,13,16,18,20,31H,5,12,14-15,17,19,21H2,1-4H3. The number of nitrogens with one attached hydrogen (secondary N) is 1. The van der Waals surface area contributed by atoms with Crippen molar-refractivity contribution in [3.05, 3.63) is 81.0 Å². The molecule has 0 radical (unpaired) electrons. The lowest BCUT2D eigenvalue weighted by molar-refractivity contribution is -0.131. The maximum absolute atomic E-state index is 13.4. The molecule has 206 valence electrons. The van der Waals surface area contributed by atoms with Crippen LogP contribution in [-0.2, 0) is 34.2 Å². The van der Waals surface area contributed by atoms with E-state index in [9.17, 15) is 13.2 Å². The molecule has 1 heterocycles. The summed E-state index contributed by atoms with van der Waals surface area (Å²) in [6.07, 6.45) is 1.77. The smallest absolute Gasteiger partial charge is 0.240 e. The van der Waals surface area contributed by atoms with E-state index in [0.29, 0.717) is 44.1 Å². The van der Waals surface area contributed by atoms with Gasteiger partial charge >= 0.3 is 0 Å². The Bertz CT molecular complexity index is 1290. The van der Waals surface area contributed by atoms with Crippen LogP contribution >= 0.6 is 22.9 Å². The van der Waals surface area contributed by atoms with Crippen molar-refractivity contribution in [1.82, 2.24) is 9.62 Å². The Kier molecular flexibility index (Phi) is 10.8. The molecule has 3 rings (SSSR count). The second kappa shape index (κ2) is 13.6. The van der Waals surface area contributed by atoms with Crippen molar-refractivity contribution in [2.45, 2.75) is 58.4 Å². The van der Waals surface area contributed by atoms with Crippen LogP contribution in [0, 0.1) is 5.41 Å². The van der Waals surface area contributed by atoms with E-state index < -0.39 is 10.0 Å². The number of rotatable bonds is 13. The van der Waals surface area contributed by atoms with Crippen molar-refractivity contribution in [3.8, 4) is 5.75 Å². The molecule has 0 atom stereocenters. The van der Waals surface area contributed by atoms with Crippen LogP contribution < -0.4 is 9.46 Å². The first-order valence-corrected chi connectivity index (χ1v) is 15.6. The number of amides is 1. The van der Waals surface area contributed by atoms with Crippen LogP contribution in [0.25, 0.3) is 0 Å². The SMILES string of the molecule is CCCOc1ccc(Cl)cc1CN(CCc1ccc(S(=O)(=O)NCC(C)(C)C)cc1)C(=O)Cc1ccsc1. The fourth-order valence-corrected chi connectivity index (χ4v) is 5.84. The zero-order valence-corrected chi connectivity index (χ0v) is 24.9. The van der Waals surface area contributed by atoms with Gasteiger partial charge < -0.3 is 9.64 Å². The first-order chi connectivity index (χ1) is 18.0. The molecule has 6 nitrogen and oxygen atoms in total. The molecule has 0 unspecified atom stereocenters. The highest BCUT2D eigenvalue weighted by Gasteiger charge is 2.20. The zero-order chi connectivity index (χ0) is 27.8. The van der Waals surface area contributed by atoms with E-state index in [1.54, 1.807) is 29.5 Å². The number of hydrogen-bond donors (Lipinski definition) is 1. The molecule has 0 aliphatic rings. The number of carbonyl (C=O) groups is 1. The average molecular weight is 577 g/mol. The monoisotopic (exact) mass is 576 g/mol. The van der Waals surface area contributed by atoms with E-state index in [0.717, 1.165) is 28.9 Å². The molecule has 9 heteroatoms. The topological polar surface area (TPSA) is 75.7 Å². The largest absolute Gasteiger partial charge is 0.493 e. The van der Waals surface area contributed by atoms with E-state index in [2.05, 4.69) is 4.72 Å². The van der Waals surface area contributed by atoms with Crippen LogP contribution in [0.3, 0.4) is 0 Å². The van der Waals surface area contributed by atoms with Gasteiger partial charge in [-0.3, -0.25) is 4.79 Å². The predicted octanol–water partition coefficient (Wildman–Crippen LogP) is 6.33. The summed E-state index contributed by atoms with van der Waals surface area (Å²) in [7, 11) is -3.58. The minimum absolute atomic E-state index is 0.00963. The molecule has 0 saturated carbocycles. The third kappa shape index (κ3) is 9.42. The van der Waals surface area contributed by atoms with Crippen LogP contribution in [0.4, 0.5) is 0 Å². The number of sulfonamides is 1. The normalized spacial score (nSPS) is 11.9. The van der Waals surface area contributed by atoms with Gasteiger partial charge in [0.05, 0.1) is 17.9 Å². The molecule has 0 saturated heterocycles. The van der Waals surface area contributed by atoms with Crippen LogP contribution in [0.15, 0.2) is 64.2 Å². The number of nitrogens with zero attached hydrogens (tertiary/aromatic N) is 1. The molecule has 1 amide bonds. The number of ether oxygens (including phenoxy) is 1. The van der Waals surface area contributed by atoms with Gasteiger partial charge in [-0.2, -0.15) is 11.3 Å². The Balaban J connectivity index is 1.75. The van der Waals surface area contributed by atoms with Gasteiger partial charge in [0.15, 0.2) is 0 Å². The second-order valence-electron chi connectivity index (χ2n) is 10.5. The summed E-state index contributed by atoms with van der Waals surface area (Å²) >= 11 is 7.86. The Labute approximate surface area is 236 Å². The lowest BCUT2D eigenvalue weighted by Crippen LogP contribution is -2.34. The summed E-state index contributed by atoms with van der Waals surface area (Å²) in [6, 6.07) is 14.3. The Morgan fingerprint density at radius 3 is 2.45 bits per heavy atom. The lowest BCUT2D eigenvalue weighted by atomic mass is 9.98. The molecule has 1 N–H and O–H groups in total. The van der Waals surface area contributed by atoms with Gasteiger partial charge in [0.2, 0.25) is 15.9 Å². The Morgan fingerprint density at radius 1 is 1.08 bits per heavy atom. The predicted molar refractivity (Wildman–Crippen MR) is 155 cm³/mol. The minimum Gasteiger partial charge on any atom is -0.493 e. The van der Waals surface area contributed by atoms with Gasteiger partial charge in [-0.05, 0) is 76.5 Å². The molecule has 0 bridgehead atoms. The van der Waals surface area contributed by atoms with E-state index in [1.165, 1.54) is 0 Å². The molecule has 1 aromatic heterocycles. The molecule has 0 aliphatic heterocycles.